The van der Waals surface area contributed by atoms with Crippen molar-refractivity contribution in [3.05, 3.63) is 0 Å². The number of rotatable bonds is 2. The largest absolute Gasteiger partial charge is 0.463 e. The van der Waals surface area contributed by atoms with Crippen LogP contribution >= 0.6 is 15.9 Å². The molecule has 6 heteroatoms. The fourth-order valence-electron chi connectivity index (χ4n) is 7.62. The normalized spacial score (nSPS) is 48.9. The van der Waals surface area contributed by atoms with Gasteiger partial charge in [-0.2, -0.15) is 0 Å². The molecule has 0 heterocycles. The second kappa shape index (κ2) is 7.35. The van der Waals surface area contributed by atoms with E-state index in [2.05, 4.69) is 29.8 Å². The molecule has 0 unspecified atom stereocenters. The minimum atomic E-state index is -0.258. The molecular weight excluding hydrogens is 436 g/mol. The van der Waals surface area contributed by atoms with Gasteiger partial charge in [0.05, 0.1) is 4.83 Å². The number of carbonyl (C=O) groups is 3. The van der Waals surface area contributed by atoms with Crippen LogP contribution in [0.3, 0.4) is 0 Å². The van der Waals surface area contributed by atoms with Crippen molar-refractivity contribution in [3.63, 3.8) is 0 Å². The summed E-state index contributed by atoms with van der Waals surface area (Å²) in [5.74, 6) is 0.918. The van der Waals surface area contributed by atoms with Gasteiger partial charge in [-0.25, -0.2) is 0 Å². The van der Waals surface area contributed by atoms with Gasteiger partial charge in [-0.3, -0.25) is 14.4 Å². The summed E-state index contributed by atoms with van der Waals surface area (Å²) in [6.07, 6.45) is 6.27. The topological polar surface area (TPSA) is 69.7 Å². The first-order valence-electron chi connectivity index (χ1n) is 11.1. The summed E-state index contributed by atoms with van der Waals surface area (Å²) >= 11 is 3.82. The quantitative estimate of drug-likeness (QED) is 0.442. The van der Waals surface area contributed by atoms with Crippen molar-refractivity contribution >= 4 is 33.7 Å². The Morgan fingerprint density at radius 3 is 2.21 bits per heavy atom. The van der Waals surface area contributed by atoms with E-state index in [1.54, 1.807) is 0 Å². The van der Waals surface area contributed by atoms with Crippen molar-refractivity contribution in [2.24, 2.45) is 34.5 Å². The fourth-order valence-corrected chi connectivity index (χ4v) is 8.68. The van der Waals surface area contributed by atoms with E-state index in [1.165, 1.54) is 13.8 Å². The molecule has 0 spiro atoms. The summed E-state index contributed by atoms with van der Waals surface area (Å²) < 4.78 is 11.2. The Kier molecular flexibility index (Phi) is 5.40. The fraction of sp³-hybridized carbons (Fsp3) is 0.870. The predicted octanol–water partition coefficient (Wildman–Crippen LogP) is 4.44. The molecule has 5 nitrogen and oxygen atoms in total. The Balaban J connectivity index is 1.62. The molecule has 4 aliphatic rings. The third-order valence-corrected chi connectivity index (χ3v) is 10.0. The molecule has 29 heavy (non-hydrogen) atoms. The zero-order valence-corrected chi connectivity index (χ0v) is 19.5. The molecule has 0 amide bonds. The smallest absolute Gasteiger partial charge is 0.302 e. The molecule has 0 saturated heterocycles. The highest BCUT2D eigenvalue weighted by Gasteiger charge is 2.65. The van der Waals surface area contributed by atoms with Gasteiger partial charge < -0.3 is 9.47 Å². The summed E-state index contributed by atoms with van der Waals surface area (Å²) in [6, 6.07) is 0. The Bertz CT molecular complexity index is 722. The summed E-state index contributed by atoms with van der Waals surface area (Å²) in [5, 5.41) is 0. The molecular formula is C23H33BrO5. The van der Waals surface area contributed by atoms with Crippen LogP contribution in [0.1, 0.15) is 72.6 Å². The number of hydrogen-bond donors (Lipinski definition) is 0. The highest BCUT2D eigenvalue weighted by Crippen LogP contribution is 2.66. The van der Waals surface area contributed by atoms with Crippen molar-refractivity contribution in [1.82, 2.24) is 0 Å². The average molecular weight is 469 g/mol. The van der Waals surface area contributed by atoms with Crippen LogP contribution in [0.25, 0.3) is 0 Å². The summed E-state index contributed by atoms with van der Waals surface area (Å²) in [4.78, 5) is 36.4. The lowest BCUT2D eigenvalue weighted by atomic mass is 9.44. The number of ketones is 1. The van der Waals surface area contributed by atoms with E-state index < -0.39 is 0 Å². The molecule has 0 radical (unpaired) electrons. The second-order valence-electron chi connectivity index (χ2n) is 10.4. The molecule has 0 aromatic rings. The summed E-state index contributed by atoms with van der Waals surface area (Å²) in [5.41, 5.74) is -0.0825. The zero-order chi connectivity index (χ0) is 21.1. The second-order valence-corrected chi connectivity index (χ2v) is 11.4. The van der Waals surface area contributed by atoms with Crippen molar-refractivity contribution in [2.45, 2.75) is 89.7 Å². The summed E-state index contributed by atoms with van der Waals surface area (Å²) in [6.45, 7) is 7.51. The lowest BCUT2D eigenvalue weighted by Gasteiger charge is -2.61. The number of alkyl halides is 1. The molecule has 0 aromatic carbocycles. The minimum Gasteiger partial charge on any atom is -0.463 e. The Labute approximate surface area is 181 Å². The van der Waals surface area contributed by atoms with Crippen LogP contribution in [0.2, 0.25) is 0 Å². The third kappa shape index (κ3) is 3.28. The molecule has 162 valence electrons. The van der Waals surface area contributed by atoms with Crippen molar-refractivity contribution in [2.75, 3.05) is 0 Å². The number of hydrogen-bond acceptors (Lipinski definition) is 5. The monoisotopic (exact) mass is 468 g/mol. The molecule has 0 aliphatic heterocycles. The molecule has 0 N–H and O–H groups in total. The molecule has 4 aliphatic carbocycles. The Morgan fingerprint density at radius 1 is 0.931 bits per heavy atom. The van der Waals surface area contributed by atoms with Gasteiger partial charge in [0.25, 0.3) is 0 Å². The van der Waals surface area contributed by atoms with Gasteiger partial charge in [0.2, 0.25) is 0 Å². The first kappa shape index (κ1) is 21.3. The van der Waals surface area contributed by atoms with E-state index in [9.17, 15) is 14.4 Å². The Morgan fingerprint density at radius 2 is 1.55 bits per heavy atom. The number of esters is 2. The van der Waals surface area contributed by atoms with Gasteiger partial charge in [0.15, 0.2) is 5.78 Å². The van der Waals surface area contributed by atoms with Gasteiger partial charge in [-0.1, -0.05) is 29.8 Å². The summed E-state index contributed by atoms with van der Waals surface area (Å²) in [7, 11) is 0. The number of Topliss-reactive ketones (excluding diaryl/α,β-unsaturated/α-hetero) is 1. The maximum absolute atomic E-state index is 13.5. The van der Waals surface area contributed by atoms with Crippen molar-refractivity contribution < 1.29 is 23.9 Å². The van der Waals surface area contributed by atoms with Gasteiger partial charge in [-0.15, -0.1) is 0 Å². The molecule has 4 saturated carbocycles. The lowest BCUT2D eigenvalue weighted by Crippen LogP contribution is -2.61. The lowest BCUT2D eigenvalue weighted by molar-refractivity contribution is -0.172. The van der Waals surface area contributed by atoms with E-state index in [0.717, 1.165) is 38.5 Å². The van der Waals surface area contributed by atoms with Crippen LogP contribution in [0.5, 0.6) is 0 Å². The number of carbonyl (C=O) groups excluding carboxylic acids is 3. The maximum atomic E-state index is 13.5. The average Bonchev–Trinajstić information content (AvgIpc) is 2.96. The Hall–Kier alpha value is -0.910. The third-order valence-electron chi connectivity index (χ3n) is 8.99. The highest BCUT2D eigenvalue weighted by atomic mass is 79.9. The van der Waals surface area contributed by atoms with E-state index in [1.807, 2.05) is 0 Å². The number of ether oxygens (including phenoxy) is 2. The first-order valence-corrected chi connectivity index (χ1v) is 12.0. The predicted molar refractivity (Wildman–Crippen MR) is 111 cm³/mol. The van der Waals surface area contributed by atoms with Crippen LogP contribution in [0.15, 0.2) is 0 Å². The van der Waals surface area contributed by atoms with Crippen LogP contribution in [-0.2, 0) is 23.9 Å². The van der Waals surface area contributed by atoms with Gasteiger partial charge in [0.1, 0.15) is 12.2 Å². The maximum Gasteiger partial charge on any atom is 0.302 e. The van der Waals surface area contributed by atoms with Crippen LogP contribution < -0.4 is 0 Å². The number of halogens is 1. The molecule has 4 rings (SSSR count). The van der Waals surface area contributed by atoms with Crippen LogP contribution in [0, 0.1) is 34.5 Å². The number of fused-ring (bicyclic) bond motifs is 5. The SMILES string of the molecule is CC(=O)O[C@H]1CC[C@@]2(C)[C@H](C1)C(=O)[C@@H](Br)[C@@H]1[C@@H]2CC[C@]2(C)[C@@H](OC(C)=O)CC[C@@H]12. The van der Waals surface area contributed by atoms with E-state index in [4.69, 9.17) is 9.47 Å². The standard InChI is InChI=1S/C23H33BrO5/c1-12(25)28-14-7-9-22(3)16-8-10-23(4)15(5-6-18(23)29-13(2)26)19(16)20(24)21(27)17(22)11-14/h14-20H,5-11H2,1-4H3/t14-,15-,16-,17+,18-,19-,20-,22+,23-/m0/s1. The molecule has 0 aromatic heterocycles. The van der Waals surface area contributed by atoms with Gasteiger partial charge >= 0.3 is 11.9 Å². The minimum absolute atomic E-state index is 0.0361. The van der Waals surface area contributed by atoms with Crippen molar-refractivity contribution in [1.29, 1.82) is 0 Å². The van der Waals surface area contributed by atoms with E-state index in [0.29, 0.717) is 18.3 Å². The van der Waals surface area contributed by atoms with Gasteiger partial charge in [0, 0.05) is 25.2 Å². The van der Waals surface area contributed by atoms with E-state index >= 15 is 0 Å². The molecule has 9 atom stereocenters. The first-order chi connectivity index (χ1) is 13.6. The van der Waals surface area contributed by atoms with E-state index in [-0.39, 0.29) is 57.4 Å². The molecule has 4 fully saturated rings. The zero-order valence-electron chi connectivity index (χ0n) is 17.9. The van der Waals surface area contributed by atoms with Crippen LogP contribution in [-0.4, -0.2) is 34.8 Å². The highest BCUT2D eigenvalue weighted by molar-refractivity contribution is 9.10. The van der Waals surface area contributed by atoms with Crippen molar-refractivity contribution in [3.8, 4) is 0 Å². The van der Waals surface area contributed by atoms with Gasteiger partial charge in [-0.05, 0) is 68.1 Å². The molecule has 0 bridgehead atoms. The van der Waals surface area contributed by atoms with Crippen LogP contribution in [0.4, 0.5) is 0 Å².